The molecule has 2 aromatic heterocycles. The summed E-state index contributed by atoms with van der Waals surface area (Å²) in [4.78, 5) is 16.3. The summed E-state index contributed by atoms with van der Waals surface area (Å²) in [6.07, 6.45) is -7.26. The van der Waals surface area contributed by atoms with Crippen LogP contribution < -0.4 is 10.1 Å². The van der Waals surface area contributed by atoms with Crippen LogP contribution in [0.1, 0.15) is 66.2 Å². The van der Waals surface area contributed by atoms with E-state index in [2.05, 4.69) is 30.0 Å². The van der Waals surface area contributed by atoms with Gasteiger partial charge in [-0.2, -0.15) is 0 Å². The zero-order chi connectivity index (χ0) is 24.3. The van der Waals surface area contributed by atoms with Crippen LogP contribution in [0.2, 0.25) is 0 Å². The van der Waals surface area contributed by atoms with E-state index in [1.807, 2.05) is 0 Å². The van der Waals surface area contributed by atoms with Gasteiger partial charge in [-0.15, -0.1) is 36.5 Å². The number of aromatic nitrogens is 3. The van der Waals surface area contributed by atoms with E-state index in [-0.39, 0.29) is 42.2 Å². The molecule has 0 aliphatic heterocycles. The summed E-state index contributed by atoms with van der Waals surface area (Å²) in [5.74, 6) is -0.705. The third-order valence-corrected chi connectivity index (χ3v) is 6.76. The molecule has 0 saturated heterocycles. The van der Waals surface area contributed by atoms with E-state index in [0.717, 1.165) is 31.2 Å². The number of alkyl halides is 6. The SMILES string of the molecule is O=C(NC12CCC1C(c1nnc(C3CC(OC(F)(F)F)C3)o1)C2)c1ccc(OC(F)(F)F)cn1. The standard InChI is InChI=1S/C20H18F6N4O4/c21-19(22,23)33-10-1-2-14(27-8-10)15(31)28-18-4-3-13(18)12(7-18)17-30-29-16(32-17)9-5-11(6-9)34-20(24,25)26/h1-2,8-9,11-13H,3-7H2,(H,28,31). The summed E-state index contributed by atoms with van der Waals surface area (Å²) >= 11 is 0. The number of hydrogen-bond acceptors (Lipinski definition) is 7. The van der Waals surface area contributed by atoms with Gasteiger partial charge in [0.25, 0.3) is 5.91 Å². The molecule has 0 aromatic carbocycles. The molecule has 0 spiro atoms. The van der Waals surface area contributed by atoms with Gasteiger partial charge in [-0.3, -0.25) is 9.53 Å². The van der Waals surface area contributed by atoms with Gasteiger partial charge in [0, 0.05) is 17.4 Å². The Bertz CT molecular complexity index is 1070. The van der Waals surface area contributed by atoms with Gasteiger partial charge >= 0.3 is 12.7 Å². The van der Waals surface area contributed by atoms with Crippen molar-refractivity contribution in [1.29, 1.82) is 0 Å². The molecule has 1 N–H and O–H groups in total. The first-order chi connectivity index (χ1) is 15.9. The molecular formula is C20H18F6N4O4. The lowest BCUT2D eigenvalue weighted by atomic mass is 9.47. The third kappa shape index (κ3) is 4.42. The van der Waals surface area contributed by atoms with E-state index in [0.29, 0.717) is 12.3 Å². The Morgan fingerprint density at radius 1 is 1.09 bits per heavy atom. The lowest BCUT2D eigenvalue weighted by Crippen LogP contribution is -2.69. The summed E-state index contributed by atoms with van der Waals surface area (Å²) in [5, 5.41) is 10.9. The smallest absolute Gasteiger partial charge is 0.425 e. The van der Waals surface area contributed by atoms with Crippen molar-refractivity contribution in [3.05, 3.63) is 35.8 Å². The fourth-order valence-corrected chi connectivity index (χ4v) is 4.95. The van der Waals surface area contributed by atoms with Crippen LogP contribution in [-0.4, -0.2) is 45.5 Å². The highest BCUT2D eigenvalue weighted by molar-refractivity contribution is 5.93. The van der Waals surface area contributed by atoms with Gasteiger partial charge in [-0.1, -0.05) is 0 Å². The Hall–Kier alpha value is -2.90. The van der Waals surface area contributed by atoms with E-state index in [4.69, 9.17) is 4.42 Å². The van der Waals surface area contributed by atoms with Gasteiger partial charge in [0.1, 0.15) is 11.4 Å². The first-order valence-electron chi connectivity index (χ1n) is 10.5. The second-order valence-corrected chi connectivity index (χ2v) is 8.83. The van der Waals surface area contributed by atoms with Crippen LogP contribution in [0.5, 0.6) is 5.75 Å². The maximum atomic E-state index is 12.6. The molecule has 0 bridgehead atoms. The number of nitrogens with one attached hydrogen (secondary N) is 1. The van der Waals surface area contributed by atoms with Gasteiger partial charge in [-0.25, -0.2) is 4.98 Å². The maximum absolute atomic E-state index is 12.6. The molecule has 34 heavy (non-hydrogen) atoms. The number of halogens is 6. The summed E-state index contributed by atoms with van der Waals surface area (Å²) in [6.45, 7) is 0. The third-order valence-electron chi connectivity index (χ3n) is 6.76. The molecule has 2 aromatic rings. The largest absolute Gasteiger partial charge is 0.573 e. The molecule has 184 valence electrons. The van der Waals surface area contributed by atoms with Crippen molar-refractivity contribution in [3.63, 3.8) is 0 Å². The molecule has 3 saturated carbocycles. The van der Waals surface area contributed by atoms with Crippen molar-refractivity contribution in [1.82, 2.24) is 20.5 Å². The molecule has 3 aliphatic carbocycles. The Kier molecular flexibility index (Phi) is 5.26. The lowest BCUT2D eigenvalue weighted by Gasteiger charge is -2.62. The van der Waals surface area contributed by atoms with Crippen molar-refractivity contribution in [3.8, 4) is 5.75 Å². The fraction of sp³-hybridized carbons (Fsp3) is 0.600. The number of carbonyl (C=O) groups is 1. The van der Waals surface area contributed by atoms with Gasteiger partial charge in [0.15, 0.2) is 0 Å². The number of pyridine rings is 1. The summed E-state index contributed by atoms with van der Waals surface area (Å²) in [5.41, 5.74) is -0.528. The minimum atomic E-state index is -4.85. The van der Waals surface area contributed by atoms with Crippen LogP contribution in [0.25, 0.3) is 0 Å². The Labute approximate surface area is 188 Å². The summed E-state index contributed by atoms with van der Waals surface area (Å²) in [6, 6.07) is 2.16. The minimum Gasteiger partial charge on any atom is -0.425 e. The molecule has 0 radical (unpaired) electrons. The van der Waals surface area contributed by atoms with E-state index in [1.54, 1.807) is 0 Å². The normalized spacial score (nSPS) is 30.4. The van der Waals surface area contributed by atoms with Crippen LogP contribution in [0.4, 0.5) is 26.3 Å². The van der Waals surface area contributed by atoms with Crippen molar-refractivity contribution in [2.75, 3.05) is 0 Å². The highest BCUT2D eigenvalue weighted by Gasteiger charge is 2.62. The maximum Gasteiger partial charge on any atom is 0.573 e. The number of nitrogens with zero attached hydrogens (tertiary/aromatic N) is 3. The van der Waals surface area contributed by atoms with Crippen LogP contribution in [0, 0.1) is 5.92 Å². The predicted molar refractivity (Wildman–Crippen MR) is 98.4 cm³/mol. The number of fused-ring (bicyclic) bond motifs is 1. The highest BCUT2D eigenvalue weighted by Crippen LogP contribution is 2.61. The number of amides is 1. The molecular weight excluding hydrogens is 474 g/mol. The monoisotopic (exact) mass is 492 g/mol. The molecule has 5 rings (SSSR count). The second kappa shape index (κ2) is 7.82. The highest BCUT2D eigenvalue weighted by atomic mass is 19.4. The Balaban J connectivity index is 1.15. The van der Waals surface area contributed by atoms with Crippen LogP contribution in [0.15, 0.2) is 22.7 Å². The van der Waals surface area contributed by atoms with Crippen LogP contribution in [-0.2, 0) is 4.74 Å². The number of hydrogen-bond donors (Lipinski definition) is 1. The molecule has 2 heterocycles. The number of carbonyl (C=O) groups excluding carboxylic acids is 1. The zero-order valence-electron chi connectivity index (χ0n) is 17.3. The van der Waals surface area contributed by atoms with E-state index in [1.165, 1.54) is 0 Å². The fourth-order valence-electron chi connectivity index (χ4n) is 4.95. The molecule has 8 nitrogen and oxygen atoms in total. The lowest BCUT2D eigenvalue weighted by molar-refractivity contribution is -0.352. The zero-order valence-corrected chi connectivity index (χ0v) is 17.3. The topological polar surface area (TPSA) is 99.4 Å². The number of ether oxygens (including phenoxy) is 2. The predicted octanol–water partition coefficient (Wildman–Crippen LogP) is 4.21. The van der Waals surface area contributed by atoms with Gasteiger partial charge < -0.3 is 14.5 Å². The van der Waals surface area contributed by atoms with E-state index < -0.39 is 36.0 Å². The quantitative estimate of drug-likeness (QED) is 0.603. The summed E-state index contributed by atoms with van der Waals surface area (Å²) in [7, 11) is 0. The van der Waals surface area contributed by atoms with Crippen molar-refractivity contribution < 1.29 is 45.0 Å². The Morgan fingerprint density at radius 2 is 1.82 bits per heavy atom. The second-order valence-electron chi connectivity index (χ2n) is 8.83. The molecule has 3 atom stereocenters. The summed E-state index contributed by atoms with van der Waals surface area (Å²) < 4.78 is 87.0. The van der Waals surface area contributed by atoms with Crippen LogP contribution in [0.3, 0.4) is 0 Å². The van der Waals surface area contributed by atoms with Crippen LogP contribution >= 0.6 is 0 Å². The van der Waals surface area contributed by atoms with Gasteiger partial charge in [0.05, 0.1) is 12.3 Å². The molecule has 3 aliphatic rings. The van der Waals surface area contributed by atoms with Crippen molar-refractivity contribution in [2.45, 2.75) is 68.3 Å². The average molecular weight is 492 g/mol. The van der Waals surface area contributed by atoms with E-state index in [9.17, 15) is 31.1 Å². The number of rotatable bonds is 6. The van der Waals surface area contributed by atoms with Gasteiger partial charge in [-0.05, 0) is 50.2 Å². The average Bonchev–Trinajstić information content (AvgIpc) is 3.16. The van der Waals surface area contributed by atoms with Crippen molar-refractivity contribution in [2.24, 2.45) is 5.92 Å². The van der Waals surface area contributed by atoms with Crippen molar-refractivity contribution >= 4 is 5.91 Å². The Morgan fingerprint density at radius 3 is 2.38 bits per heavy atom. The van der Waals surface area contributed by atoms with Gasteiger partial charge in [0.2, 0.25) is 11.8 Å². The molecule has 3 unspecified atom stereocenters. The first kappa shape index (κ1) is 22.9. The molecule has 1 amide bonds. The first-order valence-corrected chi connectivity index (χ1v) is 10.5. The molecule has 3 fully saturated rings. The minimum absolute atomic E-state index is 0.0419. The molecule has 14 heteroatoms. The van der Waals surface area contributed by atoms with E-state index >= 15 is 0 Å².